The van der Waals surface area contributed by atoms with Gasteiger partial charge in [-0.05, 0) is 30.0 Å². The first-order valence-electron chi connectivity index (χ1n) is 5.48. The lowest BCUT2D eigenvalue weighted by Crippen LogP contribution is -2.25. The number of aryl methyl sites for hydroxylation is 1. The fraction of sp³-hybridized carbons (Fsp3) is 0.0667. The second kappa shape index (κ2) is 5.21. The quantitative estimate of drug-likeness (QED) is 0.562. The molecule has 0 fully saturated rings. The fourth-order valence-electron chi connectivity index (χ4n) is 1.51. The van der Waals surface area contributed by atoms with Gasteiger partial charge in [-0.1, -0.05) is 24.3 Å². The number of aromatic nitrogens is 1. The largest absolute Gasteiger partial charge is 0.265 e. The van der Waals surface area contributed by atoms with Gasteiger partial charge in [0.1, 0.15) is 7.05 Å². The van der Waals surface area contributed by atoms with Crippen molar-refractivity contribution in [3.8, 4) is 0 Å². The van der Waals surface area contributed by atoms with Crippen LogP contribution in [0.2, 0.25) is 0 Å². The van der Waals surface area contributed by atoms with Crippen LogP contribution in [0.15, 0.2) is 53.8 Å². The van der Waals surface area contributed by atoms with Crippen molar-refractivity contribution < 1.29 is 4.57 Å². The minimum absolute atomic E-state index is 0.897. The molecule has 0 aliphatic rings. The van der Waals surface area contributed by atoms with E-state index in [4.69, 9.17) is 0 Å². The molecule has 2 rings (SSSR count). The molecule has 84 valence electrons. The van der Waals surface area contributed by atoms with Crippen LogP contribution in [0.4, 0.5) is 5.69 Å². The minimum atomic E-state index is 0.897. The van der Waals surface area contributed by atoms with Crippen molar-refractivity contribution >= 4 is 24.6 Å². The Morgan fingerprint density at radius 3 is 2.00 bits per heavy atom. The van der Waals surface area contributed by atoms with Gasteiger partial charge in [-0.3, -0.25) is 4.99 Å². The van der Waals surface area contributed by atoms with E-state index in [0.29, 0.717) is 0 Å². The minimum Gasteiger partial charge on any atom is -0.265 e. The van der Waals surface area contributed by atoms with Gasteiger partial charge in [0.2, 0.25) is 0 Å². The van der Waals surface area contributed by atoms with Crippen LogP contribution >= 0.6 is 0 Å². The van der Waals surface area contributed by atoms with E-state index in [-0.39, 0.29) is 0 Å². The molecule has 0 saturated heterocycles. The molecular formula is C15H15N2+. The summed E-state index contributed by atoms with van der Waals surface area (Å²) >= 11 is 0. The lowest BCUT2D eigenvalue weighted by molar-refractivity contribution is -0.671. The maximum atomic E-state index is 3.86. The van der Waals surface area contributed by atoms with E-state index in [1.807, 2.05) is 48.3 Å². The SMILES string of the molecule is C=Nc1ccc(/C=C/c2cc[n+](C)cc2)cc1. The van der Waals surface area contributed by atoms with Gasteiger partial charge in [0, 0.05) is 12.1 Å². The van der Waals surface area contributed by atoms with Crippen molar-refractivity contribution in [2.24, 2.45) is 12.0 Å². The zero-order valence-corrected chi connectivity index (χ0v) is 9.88. The van der Waals surface area contributed by atoms with Crippen molar-refractivity contribution in [3.05, 3.63) is 59.9 Å². The van der Waals surface area contributed by atoms with Crippen molar-refractivity contribution in [1.82, 2.24) is 0 Å². The van der Waals surface area contributed by atoms with E-state index in [0.717, 1.165) is 11.3 Å². The predicted octanol–water partition coefficient (Wildman–Crippen LogP) is 3.01. The van der Waals surface area contributed by atoms with Gasteiger partial charge < -0.3 is 0 Å². The third-order valence-electron chi connectivity index (χ3n) is 2.55. The van der Waals surface area contributed by atoms with Crippen molar-refractivity contribution in [2.45, 2.75) is 0 Å². The van der Waals surface area contributed by atoms with Crippen LogP contribution in [0.1, 0.15) is 11.1 Å². The van der Waals surface area contributed by atoms with Gasteiger partial charge in [0.15, 0.2) is 12.4 Å². The Balaban J connectivity index is 2.14. The van der Waals surface area contributed by atoms with E-state index in [1.54, 1.807) is 0 Å². The Morgan fingerprint density at radius 1 is 0.941 bits per heavy atom. The number of hydrogen-bond donors (Lipinski definition) is 0. The van der Waals surface area contributed by atoms with Crippen LogP contribution in [-0.4, -0.2) is 6.72 Å². The van der Waals surface area contributed by atoms with Gasteiger partial charge >= 0.3 is 0 Å². The molecule has 2 heteroatoms. The molecule has 1 heterocycles. The summed E-state index contributed by atoms with van der Waals surface area (Å²) in [5, 5.41) is 0. The molecule has 2 aromatic rings. The second-order valence-corrected chi connectivity index (χ2v) is 3.88. The molecule has 1 aromatic heterocycles. The first-order valence-corrected chi connectivity index (χ1v) is 5.48. The maximum Gasteiger partial charge on any atom is 0.169 e. The van der Waals surface area contributed by atoms with E-state index in [2.05, 4.69) is 36.0 Å². The summed E-state index contributed by atoms with van der Waals surface area (Å²) in [4.78, 5) is 3.86. The summed E-state index contributed by atoms with van der Waals surface area (Å²) in [6.45, 7) is 3.49. The first-order chi connectivity index (χ1) is 8.28. The molecule has 0 amide bonds. The lowest BCUT2D eigenvalue weighted by atomic mass is 10.1. The maximum absolute atomic E-state index is 3.86. The van der Waals surface area contributed by atoms with Gasteiger partial charge in [0.25, 0.3) is 0 Å². The number of benzene rings is 1. The molecule has 1 aromatic carbocycles. The summed E-state index contributed by atoms with van der Waals surface area (Å²) in [6.07, 6.45) is 8.24. The first kappa shape index (κ1) is 11.3. The molecule has 0 atom stereocenters. The standard InChI is InChI=1S/C15H15N2/c1-16-15-7-5-13(6-8-15)3-4-14-9-11-17(2)12-10-14/h3-12H,1H2,2H3/q+1. The van der Waals surface area contributed by atoms with Crippen LogP contribution in [0, 0.1) is 0 Å². The lowest BCUT2D eigenvalue weighted by Gasteiger charge is -1.95. The van der Waals surface area contributed by atoms with Crippen LogP contribution in [0.3, 0.4) is 0 Å². The summed E-state index contributed by atoms with van der Waals surface area (Å²) in [7, 11) is 2.01. The van der Waals surface area contributed by atoms with Crippen molar-refractivity contribution in [3.63, 3.8) is 0 Å². The molecule has 0 radical (unpaired) electrons. The van der Waals surface area contributed by atoms with Crippen LogP contribution in [0.5, 0.6) is 0 Å². The van der Waals surface area contributed by atoms with Crippen molar-refractivity contribution in [2.75, 3.05) is 0 Å². The zero-order chi connectivity index (χ0) is 12.1. The smallest absolute Gasteiger partial charge is 0.169 e. The highest BCUT2D eigenvalue weighted by atomic mass is 14.9. The molecule has 0 spiro atoms. The van der Waals surface area contributed by atoms with Gasteiger partial charge in [0.05, 0.1) is 5.69 Å². The summed E-state index contributed by atoms with van der Waals surface area (Å²) in [6, 6.07) is 12.1. The Labute approximate surface area is 102 Å². The predicted molar refractivity (Wildman–Crippen MR) is 72.2 cm³/mol. The molecule has 17 heavy (non-hydrogen) atoms. The molecule has 2 nitrogen and oxygen atoms in total. The number of hydrogen-bond acceptors (Lipinski definition) is 1. The Bertz CT molecular complexity index is 522. The molecule has 0 bridgehead atoms. The molecule has 0 saturated carbocycles. The van der Waals surface area contributed by atoms with Gasteiger partial charge in [-0.15, -0.1) is 0 Å². The second-order valence-electron chi connectivity index (χ2n) is 3.88. The normalized spacial score (nSPS) is 10.6. The number of nitrogens with zero attached hydrogens (tertiary/aromatic N) is 2. The number of aliphatic imine (C=N–C) groups is 1. The number of pyridine rings is 1. The summed E-state index contributed by atoms with van der Waals surface area (Å²) in [5.41, 5.74) is 3.24. The summed E-state index contributed by atoms with van der Waals surface area (Å²) < 4.78 is 2.02. The van der Waals surface area contributed by atoms with Crippen LogP contribution < -0.4 is 4.57 Å². The topological polar surface area (TPSA) is 16.2 Å². The van der Waals surface area contributed by atoms with Crippen molar-refractivity contribution in [1.29, 1.82) is 0 Å². The third-order valence-corrected chi connectivity index (χ3v) is 2.55. The summed E-state index contributed by atoms with van der Waals surface area (Å²) in [5.74, 6) is 0. The highest BCUT2D eigenvalue weighted by Gasteiger charge is 1.92. The Kier molecular flexibility index (Phi) is 3.46. The van der Waals surface area contributed by atoms with E-state index >= 15 is 0 Å². The van der Waals surface area contributed by atoms with Gasteiger partial charge in [-0.2, -0.15) is 0 Å². The van der Waals surface area contributed by atoms with E-state index in [1.165, 1.54) is 5.56 Å². The number of rotatable bonds is 3. The highest BCUT2D eigenvalue weighted by Crippen LogP contribution is 2.13. The van der Waals surface area contributed by atoms with Crippen LogP contribution in [-0.2, 0) is 7.05 Å². The highest BCUT2D eigenvalue weighted by molar-refractivity contribution is 5.69. The molecule has 0 aliphatic carbocycles. The third kappa shape index (κ3) is 3.11. The van der Waals surface area contributed by atoms with Crippen LogP contribution in [0.25, 0.3) is 12.2 Å². The molecule has 0 aliphatic heterocycles. The monoisotopic (exact) mass is 223 g/mol. The Morgan fingerprint density at radius 2 is 1.47 bits per heavy atom. The van der Waals surface area contributed by atoms with E-state index in [9.17, 15) is 0 Å². The van der Waals surface area contributed by atoms with E-state index < -0.39 is 0 Å². The molecule has 0 unspecified atom stereocenters. The average molecular weight is 223 g/mol. The fourth-order valence-corrected chi connectivity index (χ4v) is 1.51. The Hall–Kier alpha value is -2.22. The molecular weight excluding hydrogens is 208 g/mol. The zero-order valence-electron chi connectivity index (χ0n) is 9.88. The molecule has 0 N–H and O–H groups in total. The average Bonchev–Trinajstić information content (AvgIpc) is 2.39. The van der Waals surface area contributed by atoms with Gasteiger partial charge in [-0.25, -0.2) is 4.57 Å².